The molecule has 1 amide bonds. The number of nitriles is 1. The summed E-state index contributed by atoms with van der Waals surface area (Å²) < 4.78 is 0. The first-order chi connectivity index (χ1) is 14.6. The third kappa shape index (κ3) is 4.07. The molecule has 1 N–H and O–H groups in total. The van der Waals surface area contributed by atoms with Crippen molar-refractivity contribution in [1.82, 2.24) is 10.2 Å². The molecule has 1 saturated heterocycles. The maximum Gasteiger partial charge on any atom is 0.267 e. The summed E-state index contributed by atoms with van der Waals surface area (Å²) in [6, 6.07) is 17.1. The molecule has 30 heavy (non-hydrogen) atoms. The van der Waals surface area contributed by atoms with E-state index >= 15 is 0 Å². The highest BCUT2D eigenvalue weighted by molar-refractivity contribution is 8.06. The average Bonchev–Trinajstić information content (AvgIpc) is 3.20. The van der Waals surface area contributed by atoms with Crippen LogP contribution >= 0.6 is 35.0 Å². The lowest BCUT2D eigenvalue weighted by molar-refractivity contribution is -0.127. The molecule has 2 aliphatic rings. The number of thioether (sulfide) groups is 1. The van der Waals surface area contributed by atoms with Crippen molar-refractivity contribution in [2.75, 3.05) is 31.1 Å². The number of rotatable bonds is 3. The zero-order chi connectivity index (χ0) is 21.1. The lowest BCUT2D eigenvalue weighted by atomic mass is 10.1. The van der Waals surface area contributed by atoms with E-state index in [1.165, 1.54) is 11.8 Å². The maximum absolute atomic E-state index is 13.2. The first-order valence-electron chi connectivity index (χ1n) is 9.42. The van der Waals surface area contributed by atoms with Gasteiger partial charge in [0, 0.05) is 47.9 Å². The predicted molar refractivity (Wildman–Crippen MR) is 123 cm³/mol. The van der Waals surface area contributed by atoms with Gasteiger partial charge in [-0.1, -0.05) is 53.2 Å². The summed E-state index contributed by atoms with van der Waals surface area (Å²) in [4.78, 5) is 16.8. The van der Waals surface area contributed by atoms with Crippen molar-refractivity contribution in [3.8, 4) is 6.07 Å². The van der Waals surface area contributed by atoms with Gasteiger partial charge in [-0.15, -0.1) is 0 Å². The molecule has 0 unspecified atom stereocenters. The highest BCUT2D eigenvalue weighted by Crippen LogP contribution is 2.46. The van der Waals surface area contributed by atoms with Gasteiger partial charge < -0.3 is 15.1 Å². The van der Waals surface area contributed by atoms with Gasteiger partial charge >= 0.3 is 0 Å². The Hall–Kier alpha value is -2.43. The fraction of sp³-hybridized carbons (Fsp3) is 0.182. The fourth-order valence-electron chi connectivity index (χ4n) is 3.42. The summed E-state index contributed by atoms with van der Waals surface area (Å²) in [7, 11) is 0. The lowest BCUT2D eigenvalue weighted by Crippen LogP contribution is -2.47. The monoisotopic (exact) mass is 456 g/mol. The van der Waals surface area contributed by atoms with Crippen LogP contribution in [0.25, 0.3) is 5.70 Å². The zero-order valence-electron chi connectivity index (χ0n) is 15.9. The smallest absolute Gasteiger partial charge is 0.267 e. The van der Waals surface area contributed by atoms with E-state index in [2.05, 4.69) is 11.4 Å². The Balaban J connectivity index is 1.80. The van der Waals surface area contributed by atoms with Gasteiger partial charge in [0.25, 0.3) is 5.91 Å². The van der Waals surface area contributed by atoms with Crippen LogP contribution in [0.5, 0.6) is 0 Å². The van der Waals surface area contributed by atoms with Crippen molar-refractivity contribution in [2.45, 2.75) is 0 Å². The maximum atomic E-state index is 13.2. The summed E-state index contributed by atoms with van der Waals surface area (Å²) in [5, 5.41) is 16.7. The van der Waals surface area contributed by atoms with Gasteiger partial charge in [-0.3, -0.25) is 4.79 Å². The minimum atomic E-state index is -0.251. The number of hydrogen-bond acceptors (Lipinski definition) is 5. The van der Waals surface area contributed by atoms with Crippen molar-refractivity contribution >= 4 is 52.3 Å². The Morgan fingerprint density at radius 1 is 1.10 bits per heavy atom. The fourth-order valence-corrected chi connectivity index (χ4v) is 4.95. The summed E-state index contributed by atoms with van der Waals surface area (Å²) in [6.45, 7) is 2.60. The second-order valence-electron chi connectivity index (χ2n) is 6.75. The Labute approximate surface area is 189 Å². The number of hydrogen-bond donors (Lipinski definition) is 1. The third-order valence-electron chi connectivity index (χ3n) is 4.89. The highest BCUT2D eigenvalue weighted by Gasteiger charge is 2.32. The molecule has 0 saturated carbocycles. The Kier molecular flexibility index (Phi) is 6.35. The van der Waals surface area contributed by atoms with E-state index in [0.717, 1.165) is 30.0 Å². The number of anilines is 1. The number of nitrogens with zero attached hydrogens (tertiary/aromatic N) is 3. The van der Waals surface area contributed by atoms with Crippen LogP contribution in [0.2, 0.25) is 10.0 Å². The number of piperazine rings is 1. The second kappa shape index (κ2) is 9.15. The molecule has 8 heteroatoms. The Morgan fingerprint density at radius 3 is 2.50 bits per heavy atom. The molecule has 0 radical (unpaired) electrons. The highest BCUT2D eigenvalue weighted by atomic mass is 35.5. The number of carbonyl (C=O) groups excluding carboxylic acids is 1. The van der Waals surface area contributed by atoms with Crippen molar-refractivity contribution in [1.29, 1.82) is 5.26 Å². The molecular weight excluding hydrogens is 439 g/mol. The topological polar surface area (TPSA) is 59.4 Å². The van der Waals surface area contributed by atoms with Crippen LogP contribution < -0.4 is 10.2 Å². The van der Waals surface area contributed by atoms with Gasteiger partial charge in [0.15, 0.2) is 0 Å². The van der Waals surface area contributed by atoms with Crippen molar-refractivity contribution in [3.05, 3.63) is 80.1 Å². The summed E-state index contributed by atoms with van der Waals surface area (Å²) in [5.74, 6) is -0.251. The molecule has 2 aromatic rings. The molecule has 2 aliphatic heterocycles. The number of benzene rings is 2. The van der Waals surface area contributed by atoms with Crippen molar-refractivity contribution in [2.24, 2.45) is 0 Å². The van der Waals surface area contributed by atoms with Gasteiger partial charge in [0.1, 0.15) is 16.7 Å². The first-order valence-corrected chi connectivity index (χ1v) is 11.1. The second-order valence-corrected chi connectivity index (χ2v) is 8.45. The minimum absolute atomic E-state index is 0.127. The number of nitrogens with one attached hydrogen (secondary N) is 1. The van der Waals surface area contributed by atoms with Crippen LogP contribution in [0, 0.1) is 11.3 Å². The van der Waals surface area contributed by atoms with E-state index in [9.17, 15) is 10.1 Å². The van der Waals surface area contributed by atoms with E-state index < -0.39 is 0 Å². The Morgan fingerprint density at radius 2 is 1.83 bits per heavy atom. The van der Waals surface area contributed by atoms with Crippen LogP contribution in [0.3, 0.4) is 0 Å². The van der Waals surface area contributed by atoms with Gasteiger partial charge in [0.2, 0.25) is 0 Å². The van der Waals surface area contributed by atoms with Gasteiger partial charge in [-0.25, -0.2) is 0 Å². The van der Waals surface area contributed by atoms with Crippen LogP contribution in [0.1, 0.15) is 5.56 Å². The zero-order valence-corrected chi connectivity index (χ0v) is 18.3. The molecule has 1 fully saturated rings. The average molecular weight is 457 g/mol. The van der Waals surface area contributed by atoms with E-state index in [-0.39, 0.29) is 11.5 Å². The van der Waals surface area contributed by atoms with Gasteiger partial charge in [-0.2, -0.15) is 5.26 Å². The molecule has 5 nitrogen and oxygen atoms in total. The van der Waals surface area contributed by atoms with Crippen molar-refractivity contribution in [3.63, 3.8) is 0 Å². The molecule has 2 heterocycles. The molecule has 0 aromatic heterocycles. The SMILES string of the molecule is N#C/C(C(=O)N1CCNCC1)=C1/SC=C(c2ccc(Cl)cc2Cl)N1c1ccccc1. The third-order valence-corrected chi connectivity index (χ3v) is 6.39. The standard InChI is InChI=1S/C22H18Cl2N4OS/c23-15-6-7-17(19(24)12-15)20-14-30-22(28(20)16-4-2-1-3-5-16)18(13-25)21(29)27-10-8-26-9-11-27/h1-7,12,14,26H,8-11H2/b22-18-. The largest absolute Gasteiger partial charge is 0.335 e. The molecule has 2 aromatic carbocycles. The van der Waals surface area contributed by atoms with Crippen LogP contribution in [0.15, 0.2) is 64.5 Å². The summed E-state index contributed by atoms with van der Waals surface area (Å²) in [5.41, 5.74) is 2.54. The number of amides is 1. The first kappa shape index (κ1) is 20.8. The van der Waals surface area contributed by atoms with E-state index in [0.29, 0.717) is 28.2 Å². The van der Waals surface area contributed by atoms with Crippen LogP contribution in [0.4, 0.5) is 5.69 Å². The number of halogens is 2. The molecular formula is C22H18Cl2N4OS. The quantitative estimate of drug-likeness (QED) is 0.534. The van der Waals surface area contributed by atoms with Gasteiger partial charge in [-0.05, 0) is 30.3 Å². The van der Waals surface area contributed by atoms with E-state index in [4.69, 9.17) is 23.2 Å². The normalized spacial score (nSPS) is 18.1. The molecule has 4 rings (SSSR count). The Bertz CT molecular complexity index is 1070. The summed E-state index contributed by atoms with van der Waals surface area (Å²) in [6.07, 6.45) is 0. The predicted octanol–water partition coefficient (Wildman–Crippen LogP) is 4.71. The number of para-hydroxylation sites is 1. The van der Waals surface area contributed by atoms with Crippen molar-refractivity contribution < 1.29 is 4.79 Å². The minimum Gasteiger partial charge on any atom is -0.335 e. The molecule has 0 spiro atoms. The molecule has 152 valence electrons. The number of carbonyl (C=O) groups is 1. The van der Waals surface area contributed by atoms with Crippen LogP contribution in [-0.2, 0) is 4.79 Å². The van der Waals surface area contributed by atoms with Crippen LogP contribution in [-0.4, -0.2) is 37.0 Å². The molecule has 0 bridgehead atoms. The van der Waals surface area contributed by atoms with E-state index in [1.54, 1.807) is 17.0 Å². The summed E-state index contributed by atoms with van der Waals surface area (Å²) >= 11 is 13.9. The molecule has 0 aliphatic carbocycles. The lowest BCUT2D eigenvalue weighted by Gasteiger charge is -2.29. The van der Waals surface area contributed by atoms with Gasteiger partial charge in [0.05, 0.1) is 10.7 Å². The molecule has 0 atom stereocenters. The van der Waals surface area contributed by atoms with E-state index in [1.807, 2.05) is 46.7 Å².